The Hall–Kier alpha value is -3.26. The highest BCUT2D eigenvalue weighted by Gasteiger charge is 2.36. The first-order valence-electron chi connectivity index (χ1n) is 12.7. The van der Waals surface area contributed by atoms with Crippen LogP contribution in [-0.2, 0) is 11.4 Å². The van der Waals surface area contributed by atoms with E-state index in [4.69, 9.17) is 14.0 Å². The average molecular weight is 540 g/mol. The molecule has 8 heteroatoms. The van der Waals surface area contributed by atoms with Gasteiger partial charge in [0.2, 0.25) is 0 Å². The number of allylic oxidation sites excluding steroid dienone is 2. The number of hydrogen-bond donors (Lipinski definition) is 1. The molecule has 202 valence electrons. The summed E-state index contributed by atoms with van der Waals surface area (Å²) in [7, 11) is 1.54. The molecule has 3 aromatic rings. The number of carboxylic acids is 1. The molecule has 2 aromatic carbocycles. The first kappa shape index (κ1) is 27.8. The van der Waals surface area contributed by atoms with Crippen LogP contribution < -0.4 is 9.47 Å². The summed E-state index contributed by atoms with van der Waals surface area (Å²) in [4.78, 5) is 11.4. The van der Waals surface area contributed by atoms with Crippen molar-refractivity contribution >= 4 is 25.0 Å². The maximum Gasteiger partial charge on any atom is 0.303 e. The molecule has 2 aliphatic carbocycles. The normalized spacial score (nSPS) is 16.9. The minimum atomic E-state index is -0.792. The third kappa shape index (κ3) is 5.75. The number of carbonyl (C=O) groups is 1. The van der Waals surface area contributed by atoms with Crippen LogP contribution in [0.1, 0.15) is 68.8 Å². The Morgan fingerprint density at radius 1 is 1.21 bits per heavy atom. The fourth-order valence-electron chi connectivity index (χ4n) is 5.35. The van der Waals surface area contributed by atoms with E-state index < -0.39 is 11.8 Å². The quantitative estimate of drug-likeness (QED) is 0.290. The number of nitrogens with zero attached hydrogens (tertiary/aromatic N) is 1. The van der Waals surface area contributed by atoms with Crippen molar-refractivity contribution in [1.29, 1.82) is 0 Å². The van der Waals surface area contributed by atoms with Gasteiger partial charge in [-0.1, -0.05) is 37.2 Å². The lowest BCUT2D eigenvalue weighted by atomic mass is 9.80. The van der Waals surface area contributed by atoms with Crippen molar-refractivity contribution in [3.8, 4) is 22.8 Å². The number of halogens is 1. The second-order valence-electron chi connectivity index (χ2n) is 10.6. The lowest BCUT2D eigenvalue weighted by molar-refractivity contribution is -0.137. The van der Waals surface area contributed by atoms with Crippen LogP contribution in [0.2, 0.25) is 0 Å². The SMILES string of the molecule is COc1ccc(F)c(-c2noc(COc3cccc([C@@H](CC(=O)O)C4CC4)c3)c2C2=CCCC2(C)C)c1.S. The average Bonchev–Trinajstić information content (AvgIpc) is 3.54. The molecule has 38 heavy (non-hydrogen) atoms. The molecule has 6 nitrogen and oxygen atoms in total. The molecule has 1 fully saturated rings. The fourth-order valence-corrected chi connectivity index (χ4v) is 5.35. The van der Waals surface area contributed by atoms with Gasteiger partial charge in [0, 0.05) is 5.56 Å². The van der Waals surface area contributed by atoms with E-state index in [-0.39, 0.29) is 37.9 Å². The standard InChI is InChI=1S/C30H32FNO5.H2S/c1-30(2)13-5-8-24(30)28-26(37-32-29(28)23-15-20(35-3)11-12-25(23)31)17-36-21-7-4-6-19(14-21)22(16-27(33)34)18-9-10-18;/h4,6-8,11-12,14-15,18,22H,5,9-10,13,16-17H2,1-3H3,(H,33,34);1H2/t22-;/m0./s1. The number of rotatable bonds is 10. The summed E-state index contributed by atoms with van der Waals surface area (Å²) in [6.45, 7) is 4.44. The number of benzene rings is 2. The van der Waals surface area contributed by atoms with Gasteiger partial charge in [0.05, 0.1) is 19.1 Å². The molecule has 2 aliphatic rings. The summed E-state index contributed by atoms with van der Waals surface area (Å²) in [6, 6.07) is 12.2. The van der Waals surface area contributed by atoms with Gasteiger partial charge >= 0.3 is 5.97 Å². The summed E-state index contributed by atoms with van der Waals surface area (Å²) in [5.41, 5.74) is 3.41. The molecule has 0 bridgehead atoms. The zero-order valence-corrected chi connectivity index (χ0v) is 22.9. The first-order chi connectivity index (χ1) is 17.8. The van der Waals surface area contributed by atoms with Crippen molar-refractivity contribution in [1.82, 2.24) is 5.16 Å². The third-order valence-corrected chi connectivity index (χ3v) is 7.55. The van der Waals surface area contributed by atoms with Gasteiger partial charge in [-0.05, 0) is 84.4 Å². The van der Waals surface area contributed by atoms with Gasteiger partial charge in [-0.15, -0.1) is 0 Å². The maximum absolute atomic E-state index is 15.0. The van der Waals surface area contributed by atoms with Gasteiger partial charge in [0.1, 0.15) is 29.6 Å². The van der Waals surface area contributed by atoms with E-state index in [9.17, 15) is 14.3 Å². The zero-order valence-electron chi connectivity index (χ0n) is 21.9. The molecule has 0 unspecified atom stereocenters. The van der Waals surface area contributed by atoms with Crippen molar-refractivity contribution in [3.63, 3.8) is 0 Å². The molecule has 0 radical (unpaired) electrons. The number of aromatic nitrogens is 1. The van der Waals surface area contributed by atoms with Crippen molar-refractivity contribution in [2.45, 2.75) is 58.5 Å². The maximum atomic E-state index is 15.0. The summed E-state index contributed by atoms with van der Waals surface area (Å²) in [5.74, 6) is 0.873. The molecule has 0 spiro atoms. The highest BCUT2D eigenvalue weighted by Crippen LogP contribution is 2.49. The molecule has 0 aliphatic heterocycles. The topological polar surface area (TPSA) is 81.8 Å². The molecule has 1 aromatic heterocycles. The molecule has 1 atom stereocenters. The van der Waals surface area contributed by atoms with Crippen LogP contribution in [0.15, 0.2) is 53.1 Å². The highest BCUT2D eigenvalue weighted by molar-refractivity contribution is 7.59. The van der Waals surface area contributed by atoms with Crippen LogP contribution in [0.5, 0.6) is 11.5 Å². The predicted molar refractivity (Wildman–Crippen MR) is 148 cm³/mol. The Morgan fingerprint density at radius 3 is 2.66 bits per heavy atom. The van der Waals surface area contributed by atoms with E-state index in [1.807, 2.05) is 24.3 Å². The van der Waals surface area contributed by atoms with E-state index >= 15 is 0 Å². The fraction of sp³-hybridized carbons (Fsp3) is 0.400. The lowest BCUT2D eigenvalue weighted by Crippen LogP contribution is -2.11. The summed E-state index contributed by atoms with van der Waals surface area (Å²) in [5, 5.41) is 13.7. The molecule has 0 amide bonds. The van der Waals surface area contributed by atoms with Gasteiger partial charge < -0.3 is 19.1 Å². The second kappa shape index (κ2) is 11.2. The summed E-state index contributed by atoms with van der Waals surface area (Å²) in [6.07, 6.45) is 6.28. The minimum Gasteiger partial charge on any atom is -0.497 e. The number of carboxylic acid groups (broad SMARTS) is 1. The van der Waals surface area contributed by atoms with E-state index in [2.05, 4.69) is 25.1 Å². The third-order valence-electron chi connectivity index (χ3n) is 7.55. The zero-order chi connectivity index (χ0) is 26.2. The van der Waals surface area contributed by atoms with Gasteiger partial charge in [-0.2, -0.15) is 13.5 Å². The second-order valence-corrected chi connectivity index (χ2v) is 10.6. The Balaban J connectivity index is 0.00000336. The smallest absolute Gasteiger partial charge is 0.303 e. The minimum absolute atomic E-state index is 0. The number of ether oxygens (including phenoxy) is 2. The largest absolute Gasteiger partial charge is 0.497 e. The molecule has 1 saturated carbocycles. The van der Waals surface area contributed by atoms with Crippen LogP contribution in [0.3, 0.4) is 0 Å². The Kier molecular flexibility index (Phi) is 8.21. The molecular formula is C30H34FNO5S. The van der Waals surface area contributed by atoms with Gasteiger partial charge in [-0.3, -0.25) is 4.79 Å². The van der Waals surface area contributed by atoms with Crippen molar-refractivity contribution in [2.24, 2.45) is 11.3 Å². The molecule has 1 heterocycles. The number of hydrogen-bond acceptors (Lipinski definition) is 5. The Morgan fingerprint density at radius 2 is 2.00 bits per heavy atom. The van der Waals surface area contributed by atoms with Crippen LogP contribution in [-0.4, -0.2) is 23.3 Å². The molecule has 1 N–H and O–H groups in total. The predicted octanol–water partition coefficient (Wildman–Crippen LogP) is 7.35. The Labute approximate surface area is 229 Å². The van der Waals surface area contributed by atoms with Crippen LogP contribution in [0.25, 0.3) is 16.8 Å². The van der Waals surface area contributed by atoms with E-state index in [0.717, 1.165) is 42.4 Å². The van der Waals surface area contributed by atoms with Gasteiger partial charge in [0.25, 0.3) is 0 Å². The van der Waals surface area contributed by atoms with E-state index in [0.29, 0.717) is 34.4 Å². The lowest BCUT2D eigenvalue weighted by Gasteiger charge is -2.23. The van der Waals surface area contributed by atoms with Crippen LogP contribution in [0.4, 0.5) is 4.39 Å². The number of aliphatic carboxylic acids is 1. The van der Waals surface area contributed by atoms with Crippen molar-refractivity contribution in [2.75, 3.05) is 7.11 Å². The molecule has 5 rings (SSSR count). The summed E-state index contributed by atoms with van der Waals surface area (Å²) >= 11 is 0. The monoisotopic (exact) mass is 539 g/mol. The highest BCUT2D eigenvalue weighted by atomic mass is 32.1. The van der Waals surface area contributed by atoms with Crippen molar-refractivity contribution < 1.29 is 28.3 Å². The van der Waals surface area contributed by atoms with Gasteiger partial charge in [-0.25, -0.2) is 4.39 Å². The van der Waals surface area contributed by atoms with Crippen molar-refractivity contribution in [3.05, 3.63) is 71.2 Å². The Bertz CT molecular complexity index is 1340. The molecular weight excluding hydrogens is 505 g/mol. The summed E-state index contributed by atoms with van der Waals surface area (Å²) < 4.78 is 32.2. The molecule has 0 saturated heterocycles. The van der Waals surface area contributed by atoms with E-state index in [1.54, 1.807) is 19.2 Å². The van der Waals surface area contributed by atoms with Crippen LogP contribution in [0, 0.1) is 17.2 Å². The van der Waals surface area contributed by atoms with Gasteiger partial charge in [0.15, 0.2) is 5.76 Å². The first-order valence-corrected chi connectivity index (χ1v) is 12.7. The number of methoxy groups -OCH3 is 1. The van der Waals surface area contributed by atoms with E-state index in [1.165, 1.54) is 6.07 Å². The van der Waals surface area contributed by atoms with Crippen LogP contribution >= 0.6 is 13.5 Å².